The van der Waals surface area contributed by atoms with Crippen molar-refractivity contribution in [1.29, 1.82) is 0 Å². The van der Waals surface area contributed by atoms with Gasteiger partial charge >= 0.3 is 0 Å². The highest BCUT2D eigenvalue weighted by atomic mass is 16.1. The summed E-state index contributed by atoms with van der Waals surface area (Å²) in [7, 11) is 0. The Hall–Kier alpha value is -0.660. The third kappa shape index (κ3) is 13.6. The van der Waals surface area contributed by atoms with E-state index in [2.05, 4.69) is 13.8 Å². The standard InChI is InChI=1S/C17H32O2/c1-3-5-7-8-9-10-11-13-17(19)15-14-16(18)12-6-4-2/h3-15H2,1-2H3. The molecule has 0 N–H and O–H groups in total. The van der Waals surface area contributed by atoms with Crippen molar-refractivity contribution in [2.75, 3.05) is 0 Å². The van der Waals surface area contributed by atoms with Crippen molar-refractivity contribution < 1.29 is 9.59 Å². The van der Waals surface area contributed by atoms with Crippen LogP contribution in [0.4, 0.5) is 0 Å². The lowest BCUT2D eigenvalue weighted by Crippen LogP contribution is -2.04. The summed E-state index contributed by atoms with van der Waals surface area (Å²) in [5.74, 6) is 0.535. The van der Waals surface area contributed by atoms with Crippen LogP contribution in [0.3, 0.4) is 0 Å². The quantitative estimate of drug-likeness (QED) is 0.404. The molecule has 2 heteroatoms. The highest BCUT2D eigenvalue weighted by Gasteiger charge is 2.06. The maximum Gasteiger partial charge on any atom is 0.133 e. The van der Waals surface area contributed by atoms with Gasteiger partial charge in [-0.2, -0.15) is 0 Å². The zero-order chi connectivity index (χ0) is 14.3. The molecule has 0 spiro atoms. The molecular formula is C17H32O2. The van der Waals surface area contributed by atoms with Gasteiger partial charge in [0.2, 0.25) is 0 Å². The average Bonchev–Trinajstić information content (AvgIpc) is 2.41. The predicted molar refractivity (Wildman–Crippen MR) is 81.4 cm³/mol. The van der Waals surface area contributed by atoms with Gasteiger partial charge in [0.25, 0.3) is 0 Å². The molecule has 2 nitrogen and oxygen atoms in total. The van der Waals surface area contributed by atoms with E-state index in [0.717, 1.165) is 19.3 Å². The van der Waals surface area contributed by atoms with E-state index in [1.54, 1.807) is 0 Å². The van der Waals surface area contributed by atoms with Crippen LogP contribution < -0.4 is 0 Å². The van der Waals surface area contributed by atoms with E-state index in [1.807, 2.05) is 0 Å². The molecule has 0 unspecified atom stereocenters. The summed E-state index contributed by atoms with van der Waals surface area (Å²) in [6.45, 7) is 4.30. The van der Waals surface area contributed by atoms with Crippen LogP contribution in [0.25, 0.3) is 0 Å². The Kier molecular flexibility index (Phi) is 13.3. The number of ketones is 2. The summed E-state index contributed by atoms with van der Waals surface area (Å²) in [4.78, 5) is 23.0. The Morgan fingerprint density at radius 1 is 0.526 bits per heavy atom. The largest absolute Gasteiger partial charge is 0.300 e. The molecule has 0 saturated carbocycles. The van der Waals surface area contributed by atoms with Crippen LogP contribution in [-0.2, 0) is 9.59 Å². The molecule has 0 aliphatic heterocycles. The van der Waals surface area contributed by atoms with Crippen LogP contribution in [0.1, 0.15) is 97.3 Å². The Bertz CT molecular complexity index is 233. The van der Waals surface area contributed by atoms with Gasteiger partial charge in [-0.1, -0.05) is 58.8 Å². The fourth-order valence-corrected chi connectivity index (χ4v) is 2.18. The summed E-state index contributed by atoms with van der Waals surface area (Å²) >= 11 is 0. The highest BCUT2D eigenvalue weighted by molar-refractivity contribution is 5.85. The summed E-state index contributed by atoms with van der Waals surface area (Å²) in [6, 6.07) is 0. The Morgan fingerprint density at radius 2 is 0.947 bits per heavy atom. The molecule has 19 heavy (non-hydrogen) atoms. The van der Waals surface area contributed by atoms with E-state index in [1.165, 1.54) is 38.5 Å². The molecule has 0 heterocycles. The third-order valence-corrected chi connectivity index (χ3v) is 3.55. The normalized spacial score (nSPS) is 10.6. The maximum atomic E-state index is 11.6. The number of carbonyl (C=O) groups excluding carboxylic acids is 2. The Balaban J connectivity index is 3.32. The molecule has 0 atom stereocenters. The molecular weight excluding hydrogens is 236 g/mol. The number of hydrogen-bond donors (Lipinski definition) is 0. The van der Waals surface area contributed by atoms with E-state index >= 15 is 0 Å². The minimum atomic E-state index is 0.259. The van der Waals surface area contributed by atoms with Gasteiger partial charge in [0, 0.05) is 25.7 Å². The molecule has 112 valence electrons. The van der Waals surface area contributed by atoms with E-state index in [9.17, 15) is 9.59 Å². The molecule has 0 radical (unpaired) electrons. The van der Waals surface area contributed by atoms with Crippen molar-refractivity contribution in [3.8, 4) is 0 Å². The van der Waals surface area contributed by atoms with E-state index in [4.69, 9.17) is 0 Å². The van der Waals surface area contributed by atoms with E-state index < -0.39 is 0 Å². The molecule has 0 aliphatic carbocycles. The van der Waals surface area contributed by atoms with E-state index in [-0.39, 0.29) is 11.6 Å². The third-order valence-electron chi connectivity index (χ3n) is 3.55. The van der Waals surface area contributed by atoms with E-state index in [0.29, 0.717) is 25.7 Å². The van der Waals surface area contributed by atoms with Gasteiger partial charge < -0.3 is 0 Å². The molecule has 0 amide bonds. The second-order valence-electron chi connectivity index (χ2n) is 5.55. The topological polar surface area (TPSA) is 34.1 Å². The van der Waals surface area contributed by atoms with Crippen LogP contribution in [0, 0.1) is 0 Å². The first-order valence-corrected chi connectivity index (χ1v) is 8.24. The van der Waals surface area contributed by atoms with Gasteiger partial charge in [0.15, 0.2) is 0 Å². The van der Waals surface area contributed by atoms with Crippen LogP contribution in [0.2, 0.25) is 0 Å². The second-order valence-corrected chi connectivity index (χ2v) is 5.55. The molecule has 0 aromatic carbocycles. The summed E-state index contributed by atoms with van der Waals surface area (Å²) in [6.07, 6.45) is 13.0. The lowest BCUT2D eigenvalue weighted by Gasteiger charge is -2.02. The SMILES string of the molecule is CCCCCCCCCC(=O)CCC(=O)CCCC. The fraction of sp³-hybridized carbons (Fsp3) is 0.882. The number of hydrogen-bond acceptors (Lipinski definition) is 2. The summed E-state index contributed by atoms with van der Waals surface area (Å²) < 4.78 is 0. The van der Waals surface area contributed by atoms with Crippen molar-refractivity contribution in [3.05, 3.63) is 0 Å². The monoisotopic (exact) mass is 268 g/mol. The average molecular weight is 268 g/mol. The zero-order valence-corrected chi connectivity index (χ0v) is 13.0. The van der Waals surface area contributed by atoms with Gasteiger partial charge in [0.1, 0.15) is 11.6 Å². The smallest absolute Gasteiger partial charge is 0.133 e. The predicted octanol–water partition coefficient (Wildman–Crippen LogP) is 5.24. The van der Waals surface area contributed by atoms with Crippen molar-refractivity contribution in [2.45, 2.75) is 97.3 Å². The molecule has 0 rings (SSSR count). The first-order valence-electron chi connectivity index (χ1n) is 8.24. The second kappa shape index (κ2) is 13.8. The van der Waals surface area contributed by atoms with Crippen molar-refractivity contribution in [1.82, 2.24) is 0 Å². The van der Waals surface area contributed by atoms with Crippen molar-refractivity contribution in [2.24, 2.45) is 0 Å². The summed E-state index contributed by atoms with van der Waals surface area (Å²) in [5, 5.41) is 0. The minimum Gasteiger partial charge on any atom is -0.300 e. The Morgan fingerprint density at radius 3 is 1.47 bits per heavy atom. The number of Topliss-reactive ketones (excluding diaryl/α,β-unsaturated/α-hetero) is 2. The lowest BCUT2D eigenvalue weighted by molar-refractivity contribution is -0.124. The van der Waals surface area contributed by atoms with Crippen LogP contribution in [-0.4, -0.2) is 11.6 Å². The van der Waals surface area contributed by atoms with Crippen molar-refractivity contribution >= 4 is 11.6 Å². The molecule has 0 aromatic rings. The van der Waals surface area contributed by atoms with Crippen molar-refractivity contribution in [3.63, 3.8) is 0 Å². The number of unbranched alkanes of at least 4 members (excludes halogenated alkanes) is 7. The molecule has 0 fully saturated rings. The molecule has 0 aliphatic rings. The van der Waals surface area contributed by atoms with Gasteiger partial charge in [-0.3, -0.25) is 9.59 Å². The fourth-order valence-electron chi connectivity index (χ4n) is 2.18. The van der Waals surface area contributed by atoms with Crippen LogP contribution in [0.5, 0.6) is 0 Å². The van der Waals surface area contributed by atoms with Crippen LogP contribution in [0.15, 0.2) is 0 Å². The van der Waals surface area contributed by atoms with Gasteiger partial charge in [-0.15, -0.1) is 0 Å². The zero-order valence-electron chi connectivity index (χ0n) is 13.0. The van der Waals surface area contributed by atoms with Gasteiger partial charge in [-0.05, 0) is 12.8 Å². The summed E-state index contributed by atoms with van der Waals surface area (Å²) in [5.41, 5.74) is 0. The first kappa shape index (κ1) is 18.3. The van der Waals surface area contributed by atoms with Gasteiger partial charge in [-0.25, -0.2) is 0 Å². The first-order chi connectivity index (χ1) is 9.20. The minimum absolute atomic E-state index is 0.259. The Labute approximate surface area is 119 Å². The number of rotatable bonds is 14. The molecule has 0 bridgehead atoms. The van der Waals surface area contributed by atoms with Crippen LogP contribution >= 0.6 is 0 Å². The molecule has 0 aromatic heterocycles. The maximum absolute atomic E-state index is 11.6. The number of carbonyl (C=O) groups is 2. The molecule has 0 saturated heterocycles. The highest BCUT2D eigenvalue weighted by Crippen LogP contribution is 2.10. The van der Waals surface area contributed by atoms with Gasteiger partial charge in [0.05, 0.1) is 0 Å². The lowest BCUT2D eigenvalue weighted by atomic mass is 10.0.